The maximum absolute atomic E-state index is 10.9. The fraction of sp³-hybridized carbons (Fsp3) is 0.714. The van der Waals surface area contributed by atoms with Gasteiger partial charge in [0.15, 0.2) is 0 Å². The molecule has 0 aromatic carbocycles. The first kappa shape index (κ1) is 11.1. The van der Waals surface area contributed by atoms with Gasteiger partial charge in [-0.05, 0) is 0 Å². The predicted molar refractivity (Wildman–Crippen MR) is 39.2 cm³/mol. The number of methoxy groups -OCH3 is 1. The van der Waals surface area contributed by atoms with Crippen LogP contribution in [0.25, 0.3) is 0 Å². The second-order valence-electron chi connectivity index (χ2n) is 2.03. The van der Waals surface area contributed by atoms with Crippen molar-refractivity contribution < 1.29 is 24.1 Å². The fourth-order valence-electron chi connectivity index (χ4n) is 0.560. The van der Waals surface area contributed by atoms with Gasteiger partial charge in [-0.3, -0.25) is 9.59 Å². The molecule has 0 bridgehead atoms. The maximum Gasteiger partial charge on any atom is 0.313 e. The lowest BCUT2D eigenvalue weighted by atomic mass is 10.2. The van der Waals surface area contributed by atoms with Crippen molar-refractivity contribution in [1.82, 2.24) is 0 Å². The number of carbonyl (C=O) groups is 2. The molecular formula is C7H12O5. The number of Topliss-reactive ketones (excluding diaryl/α,β-unsaturated/α-hetero) is 1. The number of hydrogen-bond donors (Lipinski definition) is 0. The molecule has 0 aromatic heterocycles. The van der Waals surface area contributed by atoms with E-state index in [0.717, 1.165) is 0 Å². The number of esters is 1. The zero-order valence-corrected chi connectivity index (χ0v) is 7.16. The van der Waals surface area contributed by atoms with E-state index in [1.165, 1.54) is 14.2 Å². The molecule has 5 heteroatoms. The van der Waals surface area contributed by atoms with Crippen LogP contribution in [0.5, 0.6) is 0 Å². The van der Waals surface area contributed by atoms with Crippen LogP contribution >= 0.6 is 0 Å². The van der Waals surface area contributed by atoms with Gasteiger partial charge >= 0.3 is 5.97 Å². The summed E-state index contributed by atoms with van der Waals surface area (Å²) in [7, 11) is 2.59. The SMILES string of the molecule is COOCCC(=O)CC(=O)OC. The van der Waals surface area contributed by atoms with E-state index >= 15 is 0 Å². The molecule has 70 valence electrons. The molecule has 0 aliphatic heterocycles. The molecule has 0 aliphatic carbocycles. The Labute approximate surface area is 70.5 Å². The molecule has 0 radical (unpaired) electrons. The van der Waals surface area contributed by atoms with Crippen LogP contribution in [0.2, 0.25) is 0 Å². The third-order valence-electron chi connectivity index (χ3n) is 1.15. The predicted octanol–water partition coefficient (Wildman–Crippen LogP) is 0.0867. The van der Waals surface area contributed by atoms with Crippen molar-refractivity contribution in [3.05, 3.63) is 0 Å². The van der Waals surface area contributed by atoms with Crippen molar-refractivity contribution in [3.8, 4) is 0 Å². The second kappa shape index (κ2) is 6.75. The van der Waals surface area contributed by atoms with Gasteiger partial charge in [-0.15, -0.1) is 0 Å². The minimum absolute atomic E-state index is 0.156. The van der Waals surface area contributed by atoms with Crippen LogP contribution in [0.3, 0.4) is 0 Å². The van der Waals surface area contributed by atoms with E-state index in [9.17, 15) is 9.59 Å². The molecule has 0 aromatic rings. The molecule has 0 amide bonds. The number of rotatable bonds is 6. The van der Waals surface area contributed by atoms with Crippen LogP contribution in [-0.2, 0) is 24.1 Å². The molecule has 0 saturated heterocycles. The normalized spacial score (nSPS) is 9.50. The highest BCUT2D eigenvalue weighted by Gasteiger charge is 2.08. The lowest BCUT2D eigenvalue weighted by molar-refractivity contribution is -0.271. The Hall–Kier alpha value is -0.940. The van der Waals surface area contributed by atoms with E-state index in [2.05, 4.69) is 14.5 Å². The molecule has 0 saturated carbocycles. The van der Waals surface area contributed by atoms with E-state index in [0.29, 0.717) is 0 Å². The molecule has 0 heterocycles. The standard InChI is InChI=1S/C7H12O5/c1-10-7(9)5-6(8)3-4-12-11-2/h3-5H2,1-2H3. The zero-order chi connectivity index (χ0) is 9.40. The van der Waals surface area contributed by atoms with E-state index in [1.807, 2.05) is 0 Å². The van der Waals surface area contributed by atoms with Crippen molar-refractivity contribution in [2.75, 3.05) is 20.8 Å². The van der Waals surface area contributed by atoms with Gasteiger partial charge in [0.1, 0.15) is 12.2 Å². The number of ketones is 1. The highest BCUT2D eigenvalue weighted by atomic mass is 17.2. The molecule has 0 spiro atoms. The third-order valence-corrected chi connectivity index (χ3v) is 1.15. The van der Waals surface area contributed by atoms with Gasteiger partial charge in [0.05, 0.1) is 20.8 Å². The Morgan fingerprint density at radius 2 is 1.92 bits per heavy atom. The van der Waals surface area contributed by atoms with Crippen LogP contribution < -0.4 is 0 Å². The van der Waals surface area contributed by atoms with Gasteiger partial charge < -0.3 is 4.74 Å². The summed E-state index contributed by atoms with van der Waals surface area (Å²) < 4.78 is 4.30. The van der Waals surface area contributed by atoms with Gasteiger partial charge in [0, 0.05) is 6.42 Å². The molecular weight excluding hydrogens is 164 g/mol. The topological polar surface area (TPSA) is 61.8 Å². The Kier molecular flexibility index (Phi) is 6.22. The van der Waals surface area contributed by atoms with E-state index in [-0.39, 0.29) is 25.2 Å². The maximum atomic E-state index is 10.9. The first-order chi connectivity index (χ1) is 5.70. The van der Waals surface area contributed by atoms with Gasteiger partial charge in [-0.25, -0.2) is 9.78 Å². The Balaban J connectivity index is 3.40. The van der Waals surface area contributed by atoms with Crippen molar-refractivity contribution in [3.63, 3.8) is 0 Å². The third kappa shape index (κ3) is 5.82. The quantitative estimate of drug-likeness (QED) is 0.189. The zero-order valence-electron chi connectivity index (χ0n) is 7.16. The second-order valence-corrected chi connectivity index (χ2v) is 2.03. The number of carbonyl (C=O) groups excluding carboxylic acids is 2. The van der Waals surface area contributed by atoms with E-state index in [4.69, 9.17) is 0 Å². The van der Waals surface area contributed by atoms with Crippen molar-refractivity contribution in [2.45, 2.75) is 12.8 Å². The average Bonchev–Trinajstić information content (AvgIpc) is 2.05. The molecule has 0 fully saturated rings. The molecule has 5 nitrogen and oxygen atoms in total. The molecule has 12 heavy (non-hydrogen) atoms. The Morgan fingerprint density at radius 1 is 1.25 bits per heavy atom. The summed E-state index contributed by atoms with van der Waals surface area (Å²) in [4.78, 5) is 30.1. The molecule has 0 rings (SSSR count). The largest absolute Gasteiger partial charge is 0.469 e. The highest BCUT2D eigenvalue weighted by Crippen LogP contribution is 1.92. The summed E-state index contributed by atoms with van der Waals surface area (Å²) in [5.74, 6) is -0.753. The summed E-state index contributed by atoms with van der Waals surface area (Å²) in [5.41, 5.74) is 0. The number of ether oxygens (including phenoxy) is 1. The van der Waals surface area contributed by atoms with Gasteiger partial charge in [-0.1, -0.05) is 0 Å². The van der Waals surface area contributed by atoms with Gasteiger partial charge in [0.25, 0.3) is 0 Å². The van der Waals surface area contributed by atoms with E-state index in [1.54, 1.807) is 0 Å². The minimum atomic E-state index is -0.530. The first-order valence-electron chi connectivity index (χ1n) is 3.44. The molecule has 0 unspecified atom stereocenters. The smallest absolute Gasteiger partial charge is 0.313 e. The molecule has 0 N–H and O–H groups in total. The van der Waals surface area contributed by atoms with E-state index < -0.39 is 5.97 Å². The summed E-state index contributed by atoms with van der Waals surface area (Å²) >= 11 is 0. The van der Waals surface area contributed by atoms with Gasteiger partial charge in [0.2, 0.25) is 0 Å². The van der Waals surface area contributed by atoms with Crippen LogP contribution in [0, 0.1) is 0 Å². The summed E-state index contributed by atoms with van der Waals surface area (Å²) in [6.45, 7) is 0.159. The van der Waals surface area contributed by atoms with Crippen LogP contribution in [-0.4, -0.2) is 32.6 Å². The lowest BCUT2D eigenvalue weighted by Crippen LogP contribution is -2.11. The van der Waals surface area contributed by atoms with Gasteiger partial charge in [-0.2, -0.15) is 0 Å². The Bertz CT molecular complexity index is 154. The van der Waals surface area contributed by atoms with Crippen molar-refractivity contribution >= 4 is 11.8 Å². The van der Waals surface area contributed by atoms with Crippen LogP contribution in [0.15, 0.2) is 0 Å². The molecule has 0 aliphatic rings. The van der Waals surface area contributed by atoms with Crippen LogP contribution in [0.1, 0.15) is 12.8 Å². The highest BCUT2D eigenvalue weighted by molar-refractivity contribution is 5.95. The fourth-order valence-corrected chi connectivity index (χ4v) is 0.560. The summed E-state index contributed by atoms with van der Waals surface area (Å²) in [5, 5.41) is 0. The molecule has 0 atom stereocenters. The Morgan fingerprint density at radius 3 is 2.42 bits per heavy atom. The monoisotopic (exact) mass is 176 g/mol. The van der Waals surface area contributed by atoms with Crippen LogP contribution in [0.4, 0.5) is 0 Å². The minimum Gasteiger partial charge on any atom is -0.469 e. The van der Waals surface area contributed by atoms with Crippen molar-refractivity contribution in [1.29, 1.82) is 0 Å². The average molecular weight is 176 g/mol. The summed E-state index contributed by atoms with van der Waals surface area (Å²) in [6.07, 6.45) is -0.0491. The number of hydrogen-bond acceptors (Lipinski definition) is 5. The first-order valence-corrected chi connectivity index (χ1v) is 3.44. The summed E-state index contributed by atoms with van der Waals surface area (Å²) in [6, 6.07) is 0. The van der Waals surface area contributed by atoms with Crippen molar-refractivity contribution in [2.24, 2.45) is 0 Å². The lowest BCUT2D eigenvalue weighted by Gasteiger charge is -1.99.